The van der Waals surface area contributed by atoms with E-state index in [0.717, 1.165) is 0 Å². The Morgan fingerprint density at radius 1 is 1.26 bits per heavy atom. The minimum atomic E-state index is -1.23. The lowest BCUT2D eigenvalue weighted by molar-refractivity contribution is -0.383. The Morgan fingerprint density at radius 3 is 2.59 bits per heavy atom. The number of nitrogens with zero attached hydrogens (tertiary/aromatic N) is 1. The van der Waals surface area contributed by atoms with Gasteiger partial charge in [0.25, 0.3) is 17.5 Å². The molecule has 0 radical (unpaired) electrons. The number of halogens is 1. The van der Waals surface area contributed by atoms with Crippen LogP contribution < -0.4 is 10.6 Å². The number of hydrogen-bond donors (Lipinski definition) is 2. The second-order valence-corrected chi connectivity index (χ2v) is 5.96. The fraction of sp³-hybridized carbons (Fsp3) is 0.188. The molecule has 2 rings (SSSR count). The molecule has 2 N–H and O–H groups in total. The fourth-order valence-corrected chi connectivity index (χ4v) is 2.25. The lowest BCUT2D eigenvalue weighted by Gasteiger charge is -2.13. The van der Waals surface area contributed by atoms with Crippen LogP contribution in [0, 0.1) is 10.1 Å². The van der Waals surface area contributed by atoms with E-state index < -0.39 is 35.4 Å². The summed E-state index contributed by atoms with van der Waals surface area (Å²) in [4.78, 5) is 45.9. The highest BCUT2D eigenvalue weighted by Crippen LogP contribution is 2.23. The van der Waals surface area contributed by atoms with Gasteiger partial charge in [-0.25, -0.2) is 0 Å². The lowest BCUT2D eigenvalue weighted by Crippen LogP contribution is -2.35. The van der Waals surface area contributed by atoms with E-state index in [1.54, 1.807) is 0 Å². The first-order valence-electron chi connectivity index (χ1n) is 7.55. The van der Waals surface area contributed by atoms with Crippen LogP contribution in [0.2, 0.25) is 0 Å². The largest absolute Gasteiger partial charge is 0.451 e. The molecular weight excluding hydrogens is 426 g/mol. The van der Waals surface area contributed by atoms with Gasteiger partial charge in [-0.3, -0.25) is 24.5 Å². The number of benzene rings is 1. The van der Waals surface area contributed by atoms with Gasteiger partial charge in [0.2, 0.25) is 0 Å². The van der Waals surface area contributed by atoms with Crippen molar-refractivity contribution >= 4 is 45.1 Å². The maximum atomic E-state index is 12.1. The third-order valence-corrected chi connectivity index (χ3v) is 3.65. The highest BCUT2D eigenvalue weighted by Gasteiger charge is 2.22. The predicted molar refractivity (Wildman–Crippen MR) is 96.0 cm³/mol. The molecular formula is C16H14BrN3O7. The standard InChI is InChI=1S/C16H14BrN3O7/c1-9(15(22)19-10-4-2-3-5-11(10)20(24)25)26-14(21)8-18-16(23)12-6-7-13(17)27-12/h2-7,9H,8H2,1H3,(H,18,23)(H,19,22)/t9-/m0/s1. The van der Waals surface area contributed by atoms with E-state index in [4.69, 9.17) is 9.15 Å². The highest BCUT2D eigenvalue weighted by molar-refractivity contribution is 9.10. The number of rotatable bonds is 7. The van der Waals surface area contributed by atoms with E-state index in [9.17, 15) is 24.5 Å². The molecule has 27 heavy (non-hydrogen) atoms. The van der Waals surface area contributed by atoms with Crippen molar-refractivity contribution in [1.82, 2.24) is 5.32 Å². The Morgan fingerprint density at radius 2 is 1.96 bits per heavy atom. The van der Waals surface area contributed by atoms with Crippen molar-refractivity contribution in [2.24, 2.45) is 0 Å². The molecule has 0 aliphatic carbocycles. The van der Waals surface area contributed by atoms with Crippen LogP contribution in [0.15, 0.2) is 45.5 Å². The van der Waals surface area contributed by atoms with E-state index >= 15 is 0 Å². The van der Waals surface area contributed by atoms with Crippen LogP contribution in [0.5, 0.6) is 0 Å². The minimum Gasteiger partial charge on any atom is -0.451 e. The lowest BCUT2D eigenvalue weighted by atomic mass is 10.2. The van der Waals surface area contributed by atoms with Gasteiger partial charge in [-0.15, -0.1) is 0 Å². The molecule has 0 saturated carbocycles. The number of hydrogen-bond acceptors (Lipinski definition) is 7. The molecule has 0 bridgehead atoms. The quantitative estimate of drug-likeness (QED) is 0.382. The van der Waals surface area contributed by atoms with Crippen molar-refractivity contribution in [3.05, 3.63) is 56.9 Å². The second kappa shape index (κ2) is 8.94. The van der Waals surface area contributed by atoms with Crippen molar-refractivity contribution in [2.45, 2.75) is 13.0 Å². The number of nitrogens with one attached hydrogen (secondary N) is 2. The topological polar surface area (TPSA) is 141 Å². The number of carbonyl (C=O) groups is 3. The minimum absolute atomic E-state index is 0.00291. The van der Waals surface area contributed by atoms with Crippen LogP contribution in [-0.2, 0) is 14.3 Å². The van der Waals surface area contributed by atoms with Crippen molar-refractivity contribution < 1.29 is 28.5 Å². The number of amides is 2. The van der Waals surface area contributed by atoms with E-state index in [1.165, 1.54) is 43.3 Å². The molecule has 1 aromatic carbocycles. The third kappa shape index (κ3) is 5.64. The zero-order valence-corrected chi connectivity index (χ0v) is 15.5. The summed E-state index contributed by atoms with van der Waals surface area (Å²) in [5.41, 5.74) is -0.312. The van der Waals surface area contributed by atoms with Gasteiger partial charge >= 0.3 is 5.97 Å². The van der Waals surface area contributed by atoms with Crippen LogP contribution in [0.1, 0.15) is 17.5 Å². The Balaban J connectivity index is 1.86. The van der Waals surface area contributed by atoms with Crippen LogP contribution in [0.3, 0.4) is 0 Å². The molecule has 11 heteroatoms. The van der Waals surface area contributed by atoms with Crippen LogP contribution in [0.4, 0.5) is 11.4 Å². The maximum Gasteiger partial charge on any atom is 0.326 e. The number of nitro groups is 1. The molecule has 0 aliphatic rings. The Labute approximate surface area is 161 Å². The summed E-state index contributed by atoms with van der Waals surface area (Å²) >= 11 is 3.05. The number of furan rings is 1. The van der Waals surface area contributed by atoms with E-state index in [2.05, 4.69) is 26.6 Å². The zero-order chi connectivity index (χ0) is 20.0. The second-order valence-electron chi connectivity index (χ2n) is 5.18. The summed E-state index contributed by atoms with van der Waals surface area (Å²) in [5, 5.41) is 15.5. The van der Waals surface area contributed by atoms with Gasteiger partial charge in [0.1, 0.15) is 12.2 Å². The van der Waals surface area contributed by atoms with Crippen molar-refractivity contribution in [2.75, 3.05) is 11.9 Å². The van der Waals surface area contributed by atoms with Crippen molar-refractivity contribution in [1.29, 1.82) is 0 Å². The number of para-hydroxylation sites is 2. The average molecular weight is 440 g/mol. The first-order valence-corrected chi connectivity index (χ1v) is 8.34. The molecule has 142 valence electrons. The Bertz CT molecular complexity index is 880. The molecule has 1 aromatic heterocycles. The summed E-state index contributed by atoms with van der Waals surface area (Å²) in [6, 6.07) is 8.48. The molecule has 1 heterocycles. The maximum absolute atomic E-state index is 12.1. The van der Waals surface area contributed by atoms with Crippen molar-refractivity contribution in [3.8, 4) is 0 Å². The van der Waals surface area contributed by atoms with E-state index in [0.29, 0.717) is 4.67 Å². The fourth-order valence-electron chi connectivity index (χ4n) is 1.94. The average Bonchev–Trinajstić information content (AvgIpc) is 3.06. The SMILES string of the molecule is C[C@H](OC(=O)CNC(=O)c1ccc(Br)o1)C(=O)Nc1ccccc1[N+](=O)[O-]. The summed E-state index contributed by atoms with van der Waals surface area (Å²) in [6.07, 6.45) is -1.23. The first kappa shape index (κ1) is 20.1. The third-order valence-electron chi connectivity index (χ3n) is 3.23. The van der Waals surface area contributed by atoms with Gasteiger partial charge in [-0.1, -0.05) is 12.1 Å². The summed E-state index contributed by atoms with van der Waals surface area (Å²) in [7, 11) is 0. The Hall–Kier alpha value is -3.21. The molecule has 1 atom stereocenters. The van der Waals surface area contributed by atoms with Crippen LogP contribution >= 0.6 is 15.9 Å². The first-order chi connectivity index (χ1) is 12.8. The van der Waals surface area contributed by atoms with Gasteiger partial charge in [0.05, 0.1) is 4.92 Å². The summed E-state index contributed by atoms with van der Waals surface area (Å²) in [6.45, 7) is 0.813. The molecule has 10 nitrogen and oxygen atoms in total. The molecule has 0 spiro atoms. The summed E-state index contributed by atoms with van der Waals surface area (Å²) < 4.78 is 10.3. The highest BCUT2D eigenvalue weighted by atomic mass is 79.9. The van der Waals surface area contributed by atoms with Crippen LogP contribution in [-0.4, -0.2) is 35.4 Å². The number of esters is 1. The van der Waals surface area contributed by atoms with Gasteiger partial charge in [-0.2, -0.15) is 0 Å². The molecule has 0 saturated heterocycles. The molecule has 0 aliphatic heterocycles. The normalized spacial score (nSPS) is 11.3. The molecule has 0 fully saturated rings. The number of carbonyl (C=O) groups excluding carboxylic acids is 3. The zero-order valence-electron chi connectivity index (χ0n) is 13.9. The van der Waals surface area contributed by atoms with Gasteiger partial charge in [0.15, 0.2) is 16.5 Å². The molecule has 2 aromatic rings. The Kier molecular flexibility index (Phi) is 6.66. The number of anilines is 1. The van der Waals surface area contributed by atoms with Crippen LogP contribution in [0.25, 0.3) is 0 Å². The van der Waals surface area contributed by atoms with Crippen molar-refractivity contribution in [3.63, 3.8) is 0 Å². The van der Waals surface area contributed by atoms with Gasteiger partial charge in [0, 0.05) is 6.07 Å². The molecule has 2 amide bonds. The summed E-state index contributed by atoms with van der Waals surface area (Å²) in [5.74, 6) is -2.25. The van der Waals surface area contributed by atoms with E-state index in [1.807, 2.05) is 0 Å². The molecule has 0 unspecified atom stereocenters. The number of ether oxygens (including phenoxy) is 1. The van der Waals surface area contributed by atoms with Gasteiger partial charge < -0.3 is 19.8 Å². The smallest absolute Gasteiger partial charge is 0.326 e. The predicted octanol–water partition coefficient (Wildman–Crippen LogP) is 2.25. The van der Waals surface area contributed by atoms with E-state index in [-0.39, 0.29) is 17.1 Å². The number of nitro benzene ring substituents is 1. The van der Waals surface area contributed by atoms with Gasteiger partial charge in [-0.05, 0) is 41.1 Å². The monoisotopic (exact) mass is 439 g/mol.